The number of nitrogens with zero attached hydrogens (tertiary/aromatic N) is 4. The third kappa shape index (κ3) is 5.17. The van der Waals surface area contributed by atoms with Gasteiger partial charge in [0.2, 0.25) is 5.95 Å². The molecule has 1 aromatic heterocycles. The van der Waals surface area contributed by atoms with Crippen LogP contribution in [0.5, 0.6) is 0 Å². The molecule has 4 rings (SSSR count). The Balaban J connectivity index is 1.44. The van der Waals surface area contributed by atoms with E-state index in [1.165, 1.54) is 24.1 Å². The van der Waals surface area contributed by atoms with E-state index in [9.17, 15) is 4.79 Å². The van der Waals surface area contributed by atoms with Gasteiger partial charge in [-0.25, -0.2) is 9.78 Å². The highest BCUT2D eigenvalue weighted by atomic mass is 35.5. The van der Waals surface area contributed by atoms with Gasteiger partial charge in [0.05, 0.1) is 5.69 Å². The molecule has 33 heavy (non-hydrogen) atoms. The second-order valence-electron chi connectivity index (χ2n) is 9.24. The Morgan fingerprint density at radius 2 is 1.88 bits per heavy atom. The Morgan fingerprint density at radius 3 is 2.52 bits per heavy atom. The van der Waals surface area contributed by atoms with Crippen LogP contribution in [0.25, 0.3) is 0 Å². The van der Waals surface area contributed by atoms with E-state index in [-0.39, 0.29) is 12.1 Å². The van der Waals surface area contributed by atoms with Crippen molar-refractivity contribution in [3.05, 3.63) is 40.0 Å². The summed E-state index contributed by atoms with van der Waals surface area (Å²) >= 11 is 6.33. The van der Waals surface area contributed by atoms with Gasteiger partial charge in [-0.3, -0.25) is 4.90 Å². The summed E-state index contributed by atoms with van der Waals surface area (Å²) in [5.74, 6) is 1.73. The number of amides is 2. The van der Waals surface area contributed by atoms with Crippen molar-refractivity contribution in [2.24, 2.45) is 11.5 Å². The van der Waals surface area contributed by atoms with Gasteiger partial charge in [0.25, 0.3) is 0 Å². The third-order valence-electron chi connectivity index (χ3n) is 6.75. The minimum absolute atomic E-state index is 0.0298. The topological polar surface area (TPSA) is 113 Å². The van der Waals surface area contributed by atoms with Crippen LogP contribution in [0.3, 0.4) is 0 Å². The molecule has 0 saturated heterocycles. The van der Waals surface area contributed by atoms with E-state index in [0.717, 1.165) is 55.6 Å². The molecule has 0 spiro atoms. The molecular weight excluding hydrogens is 438 g/mol. The molecule has 0 bridgehead atoms. The summed E-state index contributed by atoms with van der Waals surface area (Å²) in [6, 6.07) is 5.33. The third-order valence-corrected chi connectivity index (χ3v) is 7.10. The van der Waals surface area contributed by atoms with Gasteiger partial charge < -0.3 is 21.7 Å². The van der Waals surface area contributed by atoms with Gasteiger partial charge >= 0.3 is 6.03 Å². The summed E-state index contributed by atoms with van der Waals surface area (Å²) < 4.78 is 0. The number of nitrogens with two attached hydrogens (primary N) is 2. The lowest BCUT2D eigenvalue weighted by molar-refractivity contribution is 0.248. The zero-order valence-corrected chi connectivity index (χ0v) is 20.2. The molecule has 1 saturated carbocycles. The van der Waals surface area contributed by atoms with Gasteiger partial charge in [0.15, 0.2) is 0 Å². The quantitative estimate of drug-likeness (QED) is 0.589. The maximum absolute atomic E-state index is 12.3. The normalized spacial score (nSPS) is 20.1. The van der Waals surface area contributed by atoms with Gasteiger partial charge in [-0.15, -0.1) is 0 Å². The van der Waals surface area contributed by atoms with Gasteiger partial charge in [-0.2, -0.15) is 4.98 Å². The predicted molar refractivity (Wildman–Crippen MR) is 134 cm³/mol. The number of rotatable bonds is 6. The molecule has 1 fully saturated rings. The van der Waals surface area contributed by atoms with Gasteiger partial charge in [-0.1, -0.05) is 17.7 Å². The maximum atomic E-state index is 12.3. The van der Waals surface area contributed by atoms with Crippen LogP contribution in [0.2, 0.25) is 5.02 Å². The van der Waals surface area contributed by atoms with Crippen LogP contribution >= 0.6 is 11.6 Å². The number of anilines is 3. The molecule has 8 nitrogen and oxygen atoms in total. The van der Waals surface area contributed by atoms with Crippen LogP contribution in [0.1, 0.15) is 55.3 Å². The maximum Gasteiger partial charge on any atom is 0.319 e. The Kier molecular flexibility index (Phi) is 7.24. The Morgan fingerprint density at radius 1 is 1.15 bits per heavy atom. The Labute approximate surface area is 200 Å². The van der Waals surface area contributed by atoms with Crippen molar-refractivity contribution in [2.45, 2.75) is 70.0 Å². The molecule has 1 aromatic carbocycles. The minimum Gasteiger partial charge on any atom is -0.362 e. The van der Waals surface area contributed by atoms with Crippen LogP contribution < -0.4 is 26.6 Å². The molecule has 5 N–H and O–H groups in total. The number of fused-ring (bicyclic) bond motifs is 1. The summed E-state index contributed by atoms with van der Waals surface area (Å²) in [5.41, 5.74) is 15.5. The zero-order chi connectivity index (χ0) is 23.5. The standard InChI is InChI=1S/C24H34ClN7O/c1-31(2)22-19-5-3-4-6-21(19)29-24(30-22)28-16-8-11-17(12-9-16)32(23(27)33)18-10-7-15(14-26)20(25)13-18/h7,10,13,16-17H,3-6,8-9,11-12,14,26H2,1-2H3,(H2,27,33)(H,28,29,30). The van der Waals surface area contributed by atoms with Crippen LogP contribution in [-0.2, 0) is 19.4 Å². The van der Waals surface area contributed by atoms with E-state index in [4.69, 9.17) is 33.0 Å². The molecule has 0 atom stereocenters. The molecule has 2 aliphatic rings. The molecule has 2 aromatic rings. The Hall–Kier alpha value is -2.58. The second kappa shape index (κ2) is 10.1. The summed E-state index contributed by atoms with van der Waals surface area (Å²) in [4.78, 5) is 25.7. The van der Waals surface area contributed by atoms with Crippen molar-refractivity contribution in [2.75, 3.05) is 29.2 Å². The van der Waals surface area contributed by atoms with E-state index in [0.29, 0.717) is 17.5 Å². The van der Waals surface area contributed by atoms with E-state index in [1.54, 1.807) is 11.0 Å². The smallest absolute Gasteiger partial charge is 0.319 e. The number of carbonyl (C=O) groups excluding carboxylic acids is 1. The summed E-state index contributed by atoms with van der Waals surface area (Å²) in [6.45, 7) is 0.354. The highest BCUT2D eigenvalue weighted by Crippen LogP contribution is 2.32. The van der Waals surface area contributed by atoms with Gasteiger partial charge in [-0.05, 0) is 69.1 Å². The number of aryl methyl sites for hydroxylation is 1. The molecule has 2 aliphatic carbocycles. The number of carbonyl (C=O) groups is 1. The first-order valence-electron chi connectivity index (χ1n) is 11.8. The molecule has 1 heterocycles. The molecular formula is C24H34ClN7O. The van der Waals surface area contributed by atoms with Crippen molar-refractivity contribution in [3.63, 3.8) is 0 Å². The first-order chi connectivity index (χ1) is 15.9. The van der Waals surface area contributed by atoms with Crippen LogP contribution in [0, 0.1) is 0 Å². The lowest BCUT2D eigenvalue weighted by atomic mass is 9.90. The molecule has 9 heteroatoms. The summed E-state index contributed by atoms with van der Waals surface area (Å²) in [5, 5.41) is 4.11. The predicted octanol–water partition coefficient (Wildman–Crippen LogP) is 3.84. The fourth-order valence-electron chi connectivity index (χ4n) is 5.04. The number of aromatic nitrogens is 2. The fraction of sp³-hybridized carbons (Fsp3) is 0.542. The molecule has 0 radical (unpaired) electrons. The summed E-state index contributed by atoms with van der Waals surface area (Å²) in [6.07, 6.45) is 7.92. The van der Waals surface area contributed by atoms with Crippen LogP contribution in [-0.4, -0.2) is 42.2 Å². The van der Waals surface area contributed by atoms with Crippen molar-refractivity contribution >= 4 is 35.1 Å². The summed E-state index contributed by atoms with van der Waals surface area (Å²) in [7, 11) is 4.08. The highest BCUT2D eigenvalue weighted by Gasteiger charge is 2.30. The monoisotopic (exact) mass is 471 g/mol. The van der Waals surface area contributed by atoms with E-state index < -0.39 is 6.03 Å². The Bertz CT molecular complexity index is 1000. The minimum atomic E-state index is -0.461. The number of halogens is 1. The van der Waals surface area contributed by atoms with Crippen LogP contribution in [0.4, 0.5) is 22.2 Å². The zero-order valence-electron chi connectivity index (χ0n) is 19.5. The molecule has 0 unspecified atom stereocenters. The first kappa shape index (κ1) is 23.6. The number of benzene rings is 1. The average molecular weight is 472 g/mol. The fourth-order valence-corrected chi connectivity index (χ4v) is 5.29. The van der Waals surface area contributed by atoms with Crippen molar-refractivity contribution in [1.82, 2.24) is 9.97 Å². The van der Waals surface area contributed by atoms with Crippen molar-refractivity contribution in [3.8, 4) is 0 Å². The largest absolute Gasteiger partial charge is 0.362 e. The molecule has 178 valence electrons. The van der Waals surface area contributed by atoms with Crippen molar-refractivity contribution < 1.29 is 4.79 Å². The van der Waals surface area contributed by atoms with E-state index in [2.05, 4.69) is 10.2 Å². The molecule has 0 aliphatic heterocycles. The number of hydrogen-bond acceptors (Lipinski definition) is 6. The van der Waals surface area contributed by atoms with E-state index in [1.807, 2.05) is 26.2 Å². The average Bonchev–Trinajstić information content (AvgIpc) is 2.79. The van der Waals surface area contributed by atoms with Gasteiger partial charge in [0, 0.05) is 49.0 Å². The highest BCUT2D eigenvalue weighted by molar-refractivity contribution is 6.31. The number of hydrogen-bond donors (Lipinski definition) is 3. The lowest BCUT2D eigenvalue weighted by Crippen LogP contribution is -2.47. The number of urea groups is 1. The SMILES string of the molecule is CN(C)c1nc(NC2CCC(N(C(N)=O)c3ccc(CN)c(Cl)c3)CC2)nc2c1CCCC2. The molecule has 2 amide bonds. The lowest BCUT2D eigenvalue weighted by Gasteiger charge is -2.36. The number of primary amides is 1. The van der Waals surface area contributed by atoms with Gasteiger partial charge in [0.1, 0.15) is 5.82 Å². The van der Waals surface area contributed by atoms with Crippen LogP contribution in [0.15, 0.2) is 18.2 Å². The number of nitrogens with one attached hydrogen (secondary N) is 1. The first-order valence-corrected chi connectivity index (χ1v) is 12.2. The van der Waals surface area contributed by atoms with Crippen molar-refractivity contribution in [1.29, 1.82) is 0 Å². The van der Waals surface area contributed by atoms with E-state index >= 15 is 0 Å². The second-order valence-corrected chi connectivity index (χ2v) is 9.64.